The Hall–Kier alpha value is -2.30. The fraction of sp³-hybridized carbons (Fsp3) is 0.412. The van der Waals surface area contributed by atoms with Crippen molar-refractivity contribution in [2.24, 2.45) is 5.92 Å². The van der Waals surface area contributed by atoms with Gasteiger partial charge >= 0.3 is 5.97 Å². The van der Waals surface area contributed by atoms with Crippen LogP contribution in [0.1, 0.15) is 25.8 Å². The summed E-state index contributed by atoms with van der Waals surface area (Å²) in [7, 11) is 1.33. The molecule has 2 N–H and O–H groups in total. The number of ether oxygens (including phenoxy) is 1. The van der Waals surface area contributed by atoms with Crippen molar-refractivity contribution in [3.05, 3.63) is 36.0 Å². The van der Waals surface area contributed by atoms with Gasteiger partial charge in [-0.15, -0.1) is 0 Å². The second kappa shape index (κ2) is 7.11. The molecule has 5 nitrogen and oxygen atoms in total. The molecule has 5 heteroatoms. The van der Waals surface area contributed by atoms with Crippen LogP contribution in [0.25, 0.3) is 10.9 Å². The van der Waals surface area contributed by atoms with Crippen LogP contribution >= 0.6 is 0 Å². The molecular formula is C17H22N2O3. The summed E-state index contributed by atoms with van der Waals surface area (Å²) in [6.45, 7) is 3.93. The Morgan fingerprint density at radius 2 is 2.00 bits per heavy atom. The number of amides is 1. The SMILES string of the molecule is COC(=O)[C@H](Cc1c[nH]c2ccccc12)NC(=O)CC(C)C. The third-order valence-corrected chi connectivity index (χ3v) is 3.51. The highest BCUT2D eigenvalue weighted by atomic mass is 16.5. The molecule has 0 aliphatic rings. The lowest BCUT2D eigenvalue weighted by molar-refractivity contribution is -0.145. The molecule has 1 aromatic heterocycles. The molecule has 0 unspecified atom stereocenters. The molecule has 1 atom stereocenters. The molecule has 0 aliphatic carbocycles. The van der Waals surface area contributed by atoms with Gasteiger partial charge in [-0.2, -0.15) is 0 Å². The predicted molar refractivity (Wildman–Crippen MR) is 85.4 cm³/mol. The average Bonchev–Trinajstić information content (AvgIpc) is 2.88. The van der Waals surface area contributed by atoms with Gasteiger partial charge in [-0.25, -0.2) is 4.79 Å². The first kappa shape index (κ1) is 16.1. The maximum atomic E-state index is 11.9. The summed E-state index contributed by atoms with van der Waals surface area (Å²) >= 11 is 0. The van der Waals surface area contributed by atoms with Crippen LogP contribution in [0.15, 0.2) is 30.5 Å². The normalized spacial score (nSPS) is 12.4. The van der Waals surface area contributed by atoms with E-state index >= 15 is 0 Å². The minimum absolute atomic E-state index is 0.134. The van der Waals surface area contributed by atoms with Gasteiger partial charge < -0.3 is 15.0 Å². The molecule has 22 heavy (non-hydrogen) atoms. The number of H-pyrrole nitrogens is 1. The zero-order chi connectivity index (χ0) is 16.1. The molecular weight excluding hydrogens is 280 g/mol. The first-order chi connectivity index (χ1) is 10.5. The molecule has 0 saturated heterocycles. The standard InChI is InChI=1S/C17H22N2O3/c1-11(2)8-16(20)19-15(17(21)22-3)9-12-10-18-14-7-5-4-6-13(12)14/h4-7,10-11,15,18H,8-9H2,1-3H3,(H,19,20)/t15-/m0/s1. The summed E-state index contributed by atoms with van der Waals surface area (Å²) in [4.78, 5) is 27.1. The number of rotatable bonds is 6. The van der Waals surface area contributed by atoms with Crippen LogP contribution in [-0.2, 0) is 20.7 Å². The molecule has 0 fully saturated rings. The highest BCUT2D eigenvalue weighted by Crippen LogP contribution is 2.19. The topological polar surface area (TPSA) is 71.2 Å². The number of carbonyl (C=O) groups is 2. The van der Waals surface area contributed by atoms with Gasteiger partial charge in [0.2, 0.25) is 5.91 Å². The Morgan fingerprint density at radius 1 is 1.27 bits per heavy atom. The summed E-state index contributed by atoms with van der Waals surface area (Å²) in [5.41, 5.74) is 1.99. The van der Waals surface area contributed by atoms with Crippen LogP contribution in [0.5, 0.6) is 0 Å². The highest BCUT2D eigenvalue weighted by Gasteiger charge is 2.23. The van der Waals surface area contributed by atoms with E-state index in [-0.39, 0.29) is 11.8 Å². The van der Waals surface area contributed by atoms with Crippen LogP contribution in [0.3, 0.4) is 0 Å². The number of benzene rings is 1. The lowest BCUT2D eigenvalue weighted by Gasteiger charge is -2.17. The lowest BCUT2D eigenvalue weighted by atomic mass is 10.0. The summed E-state index contributed by atoms with van der Waals surface area (Å²) in [6, 6.07) is 7.19. The predicted octanol–water partition coefficient (Wildman–Crippen LogP) is 2.41. The molecule has 0 radical (unpaired) electrons. The maximum Gasteiger partial charge on any atom is 0.328 e. The molecule has 2 rings (SSSR count). The van der Waals surface area contributed by atoms with Crippen molar-refractivity contribution in [3.8, 4) is 0 Å². The van der Waals surface area contributed by atoms with Crippen LogP contribution < -0.4 is 5.32 Å². The Morgan fingerprint density at radius 3 is 2.68 bits per heavy atom. The van der Waals surface area contributed by atoms with Gasteiger partial charge in [0.25, 0.3) is 0 Å². The van der Waals surface area contributed by atoms with E-state index in [1.54, 1.807) is 0 Å². The Bertz CT molecular complexity index is 661. The fourth-order valence-corrected chi connectivity index (χ4v) is 2.48. The van der Waals surface area contributed by atoms with Gasteiger partial charge in [-0.3, -0.25) is 4.79 Å². The minimum atomic E-state index is -0.671. The molecule has 118 valence electrons. The minimum Gasteiger partial charge on any atom is -0.467 e. The van der Waals surface area contributed by atoms with E-state index in [4.69, 9.17) is 4.74 Å². The Balaban J connectivity index is 2.16. The van der Waals surface area contributed by atoms with Gasteiger partial charge in [0.05, 0.1) is 7.11 Å². The number of esters is 1. The number of nitrogens with one attached hydrogen (secondary N) is 2. The highest BCUT2D eigenvalue weighted by molar-refractivity contribution is 5.87. The lowest BCUT2D eigenvalue weighted by Crippen LogP contribution is -2.43. The van der Waals surface area contributed by atoms with Crippen molar-refractivity contribution in [1.82, 2.24) is 10.3 Å². The second-order valence-electron chi connectivity index (χ2n) is 5.80. The number of para-hydroxylation sites is 1. The van der Waals surface area contributed by atoms with E-state index in [2.05, 4.69) is 10.3 Å². The van der Waals surface area contributed by atoms with Crippen molar-refractivity contribution in [2.45, 2.75) is 32.7 Å². The number of hydrogen-bond donors (Lipinski definition) is 2. The Kier molecular flexibility index (Phi) is 5.20. The Labute approximate surface area is 130 Å². The number of carbonyl (C=O) groups excluding carboxylic acids is 2. The summed E-state index contributed by atoms with van der Waals surface area (Å²) in [5, 5.41) is 3.83. The molecule has 0 saturated carbocycles. The zero-order valence-electron chi connectivity index (χ0n) is 13.2. The van der Waals surface area contributed by atoms with Crippen LogP contribution in [0, 0.1) is 5.92 Å². The van der Waals surface area contributed by atoms with E-state index in [1.165, 1.54) is 7.11 Å². The molecule has 2 aromatic rings. The zero-order valence-corrected chi connectivity index (χ0v) is 13.2. The summed E-state index contributed by atoms with van der Waals surface area (Å²) < 4.78 is 4.82. The van der Waals surface area contributed by atoms with Gasteiger partial charge in [-0.1, -0.05) is 32.0 Å². The maximum absolute atomic E-state index is 11.9. The molecule has 1 aromatic carbocycles. The number of methoxy groups -OCH3 is 1. The van der Waals surface area contributed by atoms with Crippen LogP contribution in [-0.4, -0.2) is 30.0 Å². The number of fused-ring (bicyclic) bond motifs is 1. The number of aromatic nitrogens is 1. The molecule has 0 spiro atoms. The smallest absolute Gasteiger partial charge is 0.328 e. The molecule has 1 amide bonds. The van der Waals surface area contributed by atoms with Crippen molar-refractivity contribution in [1.29, 1.82) is 0 Å². The van der Waals surface area contributed by atoms with Crippen molar-refractivity contribution >= 4 is 22.8 Å². The fourth-order valence-electron chi connectivity index (χ4n) is 2.48. The van der Waals surface area contributed by atoms with Crippen molar-refractivity contribution in [2.75, 3.05) is 7.11 Å². The van der Waals surface area contributed by atoms with E-state index in [0.29, 0.717) is 12.8 Å². The molecule has 0 aliphatic heterocycles. The van der Waals surface area contributed by atoms with E-state index in [0.717, 1.165) is 16.5 Å². The molecule has 1 heterocycles. The number of hydrogen-bond acceptors (Lipinski definition) is 3. The van der Waals surface area contributed by atoms with Gasteiger partial charge in [0, 0.05) is 29.9 Å². The van der Waals surface area contributed by atoms with E-state index < -0.39 is 12.0 Å². The van der Waals surface area contributed by atoms with Crippen LogP contribution in [0.4, 0.5) is 0 Å². The number of aromatic amines is 1. The summed E-state index contributed by atoms with van der Waals surface area (Å²) in [6.07, 6.45) is 2.66. The van der Waals surface area contributed by atoms with Crippen molar-refractivity contribution < 1.29 is 14.3 Å². The van der Waals surface area contributed by atoms with Gasteiger partial charge in [-0.05, 0) is 17.5 Å². The average molecular weight is 302 g/mol. The molecule has 0 bridgehead atoms. The van der Waals surface area contributed by atoms with Gasteiger partial charge in [0.15, 0.2) is 0 Å². The monoisotopic (exact) mass is 302 g/mol. The van der Waals surface area contributed by atoms with Crippen LogP contribution in [0.2, 0.25) is 0 Å². The van der Waals surface area contributed by atoms with Gasteiger partial charge in [0.1, 0.15) is 6.04 Å². The third kappa shape index (κ3) is 3.87. The summed E-state index contributed by atoms with van der Waals surface area (Å²) in [5.74, 6) is -0.320. The first-order valence-corrected chi connectivity index (χ1v) is 7.43. The second-order valence-corrected chi connectivity index (χ2v) is 5.80. The third-order valence-electron chi connectivity index (χ3n) is 3.51. The van der Waals surface area contributed by atoms with E-state index in [9.17, 15) is 9.59 Å². The first-order valence-electron chi connectivity index (χ1n) is 7.43. The van der Waals surface area contributed by atoms with Crippen molar-refractivity contribution in [3.63, 3.8) is 0 Å². The quantitative estimate of drug-likeness (QED) is 0.805. The van der Waals surface area contributed by atoms with E-state index in [1.807, 2.05) is 44.3 Å². The largest absolute Gasteiger partial charge is 0.467 e.